The number of carbonyl (C=O) groups is 1. The van der Waals surface area contributed by atoms with E-state index >= 15 is 0 Å². The number of carboxylic acid groups (broad SMARTS) is 1. The van der Waals surface area contributed by atoms with Crippen LogP contribution in [0.25, 0.3) is 11.3 Å². The van der Waals surface area contributed by atoms with Crippen molar-refractivity contribution in [1.82, 2.24) is 0 Å². The lowest BCUT2D eigenvalue weighted by atomic mass is 10.0. The molecular formula is C18H15NO3S. The van der Waals surface area contributed by atoms with Crippen molar-refractivity contribution < 1.29 is 14.3 Å². The summed E-state index contributed by atoms with van der Waals surface area (Å²) in [6.07, 6.45) is 0. The van der Waals surface area contributed by atoms with Crippen LogP contribution < -0.4 is 4.87 Å². The molecule has 3 aromatic rings. The highest BCUT2D eigenvalue weighted by Gasteiger charge is 2.07. The van der Waals surface area contributed by atoms with Crippen LogP contribution in [0.2, 0.25) is 0 Å². The van der Waals surface area contributed by atoms with Crippen LogP contribution in [0.3, 0.4) is 0 Å². The third-order valence-electron chi connectivity index (χ3n) is 3.42. The average Bonchev–Trinajstić information content (AvgIpc) is 2.95. The van der Waals surface area contributed by atoms with Gasteiger partial charge in [0.05, 0.1) is 11.3 Å². The molecular weight excluding hydrogens is 310 g/mol. The van der Waals surface area contributed by atoms with Crippen LogP contribution in [0.1, 0.15) is 21.5 Å². The van der Waals surface area contributed by atoms with E-state index in [9.17, 15) is 4.79 Å². The average molecular weight is 325 g/mol. The van der Waals surface area contributed by atoms with Gasteiger partial charge in [0.1, 0.15) is 5.76 Å². The first-order chi connectivity index (χ1) is 11.0. The summed E-state index contributed by atoms with van der Waals surface area (Å²) in [6.45, 7) is 4.10. The molecule has 116 valence electrons. The predicted octanol–water partition coefficient (Wildman–Crippen LogP) is 4.56. The van der Waals surface area contributed by atoms with Gasteiger partial charge in [0.2, 0.25) is 0 Å². The van der Waals surface area contributed by atoms with Gasteiger partial charge in [-0.2, -0.15) is 0 Å². The summed E-state index contributed by atoms with van der Waals surface area (Å²) < 4.78 is 5.80. The first kappa shape index (κ1) is 15.2. The molecule has 0 aliphatic rings. The van der Waals surface area contributed by atoms with E-state index in [0.29, 0.717) is 10.6 Å². The summed E-state index contributed by atoms with van der Waals surface area (Å²) in [5.74, 6) is -0.207. The Bertz CT molecular complexity index is 937. The maximum atomic E-state index is 11.0. The second kappa shape index (κ2) is 6.22. The molecule has 23 heavy (non-hydrogen) atoms. The summed E-state index contributed by atoms with van der Waals surface area (Å²) in [5, 5.41) is 10.9. The molecule has 5 heteroatoms. The molecule has 0 radical (unpaired) electrons. The Kier molecular flexibility index (Phi) is 4.12. The highest BCUT2D eigenvalue weighted by atomic mass is 32.1. The van der Waals surface area contributed by atoms with Gasteiger partial charge in [-0.25, -0.2) is 9.79 Å². The van der Waals surface area contributed by atoms with Crippen molar-refractivity contribution in [2.24, 2.45) is 4.99 Å². The third kappa shape index (κ3) is 3.40. The number of hydrogen-bond acceptors (Lipinski definition) is 4. The fourth-order valence-corrected chi connectivity index (χ4v) is 3.00. The third-order valence-corrected chi connectivity index (χ3v) is 4.13. The number of carboxylic acids is 1. The van der Waals surface area contributed by atoms with Crippen LogP contribution >= 0.6 is 11.3 Å². The molecule has 0 aliphatic heterocycles. The van der Waals surface area contributed by atoms with Crippen LogP contribution in [0.4, 0.5) is 5.69 Å². The fraction of sp³-hybridized carbons (Fsp3) is 0.111. The molecule has 1 N–H and O–H groups in total. The van der Waals surface area contributed by atoms with Crippen molar-refractivity contribution in [3.8, 4) is 11.3 Å². The Labute approximate surface area is 137 Å². The largest absolute Gasteiger partial charge is 0.478 e. The minimum Gasteiger partial charge on any atom is -0.478 e. The zero-order chi connectivity index (χ0) is 16.4. The van der Waals surface area contributed by atoms with Crippen molar-refractivity contribution in [3.63, 3.8) is 0 Å². The summed E-state index contributed by atoms with van der Waals surface area (Å²) in [6, 6.07) is 12.7. The molecule has 4 nitrogen and oxygen atoms in total. The van der Waals surface area contributed by atoms with E-state index in [2.05, 4.69) is 18.0 Å². The molecule has 3 rings (SSSR count). The van der Waals surface area contributed by atoms with Gasteiger partial charge in [-0.3, -0.25) is 0 Å². The van der Waals surface area contributed by atoms with Crippen molar-refractivity contribution in [2.75, 3.05) is 0 Å². The molecule has 0 spiro atoms. The van der Waals surface area contributed by atoms with Crippen LogP contribution in [-0.2, 0) is 0 Å². The topological polar surface area (TPSA) is 62.8 Å². The summed E-state index contributed by atoms with van der Waals surface area (Å²) >= 11 is 1.39. The quantitative estimate of drug-likeness (QED) is 0.768. The molecule has 1 aromatic heterocycles. The van der Waals surface area contributed by atoms with Gasteiger partial charge in [0, 0.05) is 10.9 Å². The van der Waals surface area contributed by atoms with Gasteiger partial charge in [-0.1, -0.05) is 41.2 Å². The Hall–Kier alpha value is -2.66. The Morgan fingerprint density at radius 3 is 2.74 bits per heavy atom. The molecule has 0 saturated heterocycles. The lowest BCUT2D eigenvalue weighted by Gasteiger charge is -2.02. The van der Waals surface area contributed by atoms with Gasteiger partial charge in [-0.15, -0.1) is 0 Å². The smallest absolute Gasteiger partial charge is 0.335 e. The Morgan fingerprint density at radius 1 is 1.17 bits per heavy atom. The number of hydrogen-bond donors (Lipinski definition) is 1. The van der Waals surface area contributed by atoms with Gasteiger partial charge in [0.25, 0.3) is 4.87 Å². The predicted molar refractivity (Wildman–Crippen MR) is 90.1 cm³/mol. The minimum atomic E-state index is -0.971. The standard InChI is InChI=1S/C18H15NO3S/c1-11-6-7-15(12(2)8-11)16-10-23-18(22-16)19-14-5-3-4-13(9-14)17(20)21/h3-10H,1-2H3,(H,20,21). The monoisotopic (exact) mass is 325 g/mol. The van der Waals surface area contributed by atoms with Crippen molar-refractivity contribution >= 4 is 23.0 Å². The summed E-state index contributed by atoms with van der Waals surface area (Å²) in [4.78, 5) is 15.9. The Balaban J connectivity index is 1.98. The van der Waals surface area contributed by atoms with Crippen LogP contribution in [0.5, 0.6) is 0 Å². The lowest BCUT2D eigenvalue weighted by molar-refractivity contribution is 0.0697. The summed E-state index contributed by atoms with van der Waals surface area (Å²) in [5.41, 5.74) is 4.15. The van der Waals surface area contributed by atoms with E-state index in [1.807, 2.05) is 24.4 Å². The Morgan fingerprint density at radius 2 is 2.00 bits per heavy atom. The molecule has 0 atom stereocenters. The molecule has 1 heterocycles. The second-order valence-electron chi connectivity index (χ2n) is 5.25. The molecule has 0 fully saturated rings. The van der Waals surface area contributed by atoms with Crippen molar-refractivity contribution in [3.05, 3.63) is 69.4 Å². The SMILES string of the molecule is Cc1ccc(-c2csc(=Nc3cccc(C(=O)O)c3)o2)c(C)c1. The molecule has 2 aromatic carbocycles. The van der Waals surface area contributed by atoms with Crippen molar-refractivity contribution in [1.29, 1.82) is 0 Å². The second-order valence-corrected chi connectivity index (χ2v) is 6.07. The number of nitrogens with zero attached hydrogens (tertiary/aromatic N) is 1. The molecule has 0 amide bonds. The van der Waals surface area contributed by atoms with E-state index in [4.69, 9.17) is 9.52 Å². The molecule has 0 unspecified atom stereocenters. The van der Waals surface area contributed by atoms with Gasteiger partial charge in [0.15, 0.2) is 0 Å². The van der Waals surface area contributed by atoms with Crippen molar-refractivity contribution in [2.45, 2.75) is 13.8 Å². The van der Waals surface area contributed by atoms with Gasteiger partial charge < -0.3 is 9.52 Å². The first-order valence-electron chi connectivity index (χ1n) is 7.07. The zero-order valence-electron chi connectivity index (χ0n) is 12.7. The van der Waals surface area contributed by atoms with Crippen LogP contribution in [0, 0.1) is 13.8 Å². The van der Waals surface area contributed by atoms with Gasteiger partial charge >= 0.3 is 5.97 Å². The van der Waals surface area contributed by atoms with E-state index in [-0.39, 0.29) is 5.56 Å². The van der Waals surface area contributed by atoms with Gasteiger partial charge in [-0.05, 0) is 37.6 Å². The van der Waals surface area contributed by atoms with E-state index in [0.717, 1.165) is 16.9 Å². The molecule has 0 saturated carbocycles. The number of aryl methyl sites for hydroxylation is 2. The van der Waals surface area contributed by atoms with E-state index in [1.54, 1.807) is 12.1 Å². The molecule has 0 bridgehead atoms. The van der Waals surface area contributed by atoms with Crippen LogP contribution in [0.15, 0.2) is 57.3 Å². The minimum absolute atomic E-state index is 0.206. The number of rotatable bonds is 3. The maximum Gasteiger partial charge on any atom is 0.335 e. The highest BCUT2D eigenvalue weighted by molar-refractivity contribution is 7.07. The van der Waals surface area contributed by atoms with E-state index < -0.39 is 5.97 Å². The summed E-state index contributed by atoms with van der Waals surface area (Å²) in [7, 11) is 0. The lowest BCUT2D eigenvalue weighted by Crippen LogP contribution is -1.95. The number of benzene rings is 2. The molecule has 0 aliphatic carbocycles. The normalized spacial score (nSPS) is 11.7. The zero-order valence-corrected chi connectivity index (χ0v) is 13.6. The maximum absolute atomic E-state index is 11.0. The fourth-order valence-electron chi connectivity index (χ4n) is 2.32. The first-order valence-corrected chi connectivity index (χ1v) is 7.95. The van der Waals surface area contributed by atoms with Crippen LogP contribution in [-0.4, -0.2) is 11.1 Å². The highest BCUT2D eigenvalue weighted by Crippen LogP contribution is 2.25. The van der Waals surface area contributed by atoms with E-state index in [1.165, 1.54) is 29.0 Å². The number of aromatic carboxylic acids is 1.